The largest absolute Gasteiger partial charge is 0.463 e. The van der Waals surface area contributed by atoms with Crippen LogP contribution in [0.2, 0.25) is 0 Å². The lowest BCUT2D eigenvalue weighted by atomic mass is 10.2. The van der Waals surface area contributed by atoms with E-state index in [2.05, 4.69) is 16.9 Å². The molecule has 2 rings (SSSR count). The number of carbonyl (C=O) groups is 1. The Hall–Kier alpha value is -2.43. The van der Waals surface area contributed by atoms with Crippen molar-refractivity contribution in [1.82, 2.24) is 9.97 Å². The van der Waals surface area contributed by atoms with Crippen LogP contribution in [0, 0.1) is 6.92 Å². The van der Waals surface area contributed by atoms with Gasteiger partial charge in [0, 0.05) is 6.20 Å². The van der Waals surface area contributed by atoms with Gasteiger partial charge in [-0.25, -0.2) is 9.78 Å². The SMILES string of the molecule is CCCCOc1ncc(C(=O)OCc2ccccc2)c(C)n1. The highest BCUT2D eigenvalue weighted by Crippen LogP contribution is 2.12. The fourth-order valence-corrected chi connectivity index (χ4v) is 1.82. The molecule has 0 N–H and O–H groups in total. The Balaban J connectivity index is 1.95. The number of unbranched alkanes of at least 4 members (excludes halogenated alkanes) is 1. The highest BCUT2D eigenvalue weighted by Gasteiger charge is 2.14. The summed E-state index contributed by atoms with van der Waals surface area (Å²) >= 11 is 0. The molecule has 2 aromatic rings. The van der Waals surface area contributed by atoms with Gasteiger partial charge in [-0.1, -0.05) is 43.7 Å². The number of nitrogens with zero attached hydrogens (tertiary/aromatic N) is 2. The molecular formula is C17H20N2O3. The van der Waals surface area contributed by atoms with E-state index in [0.717, 1.165) is 18.4 Å². The van der Waals surface area contributed by atoms with E-state index in [0.29, 0.717) is 23.9 Å². The van der Waals surface area contributed by atoms with Gasteiger partial charge < -0.3 is 9.47 Å². The van der Waals surface area contributed by atoms with Gasteiger partial charge in [-0.05, 0) is 18.9 Å². The Morgan fingerprint density at radius 2 is 2.00 bits per heavy atom. The maximum absolute atomic E-state index is 12.1. The van der Waals surface area contributed by atoms with E-state index >= 15 is 0 Å². The number of hydrogen-bond donors (Lipinski definition) is 0. The second kappa shape index (κ2) is 8.12. The van der Waals surface area contributed by atoms with Crippen LogP contribution in [-0.2, 0) is 11.3 Å². The first-order valence-corrected chi connectivity index (χ1v) is 7.38. The van der Waals surface area contributed by atoms with Crippen molar-refractivity contribution in [3.05, 3.63) is 53.3 Å². The third kappa shape index (κ3) is 4.55. The van der Waals surface area contributed by atoms with Crippen LogP contribution in [0.15, 0.2) is 36.5 Å². The Kier molecular flexibility index (Phi) is 5.89. The molecule has 0 amide bonds. The summed E-state index contributed by atoms with van der Waals surface area (Å²) in [6.45, 7) is 4.64. The zero-order chi connectivity index (χ0) is 15.8. The van der Waals surface area contributed by atoms with Crippen molar-refractivity contribution in [2.75, 3.05) is 6.61 Å². The molecule has 0 saturated heterocycles. The Labute approximate surface area is 130 Å². The minimum Gasteiger partial charge on any atom is -0.463 e. The average Bonchev–Trinajstić information content (AvgIpc) is 2.54. The molecular weight excluding hydrogens is 280 g/mol. The van der Waals surface area contributed by atoms with Crippen LogP contribution in [-0.4, -0.2) is 22.5 Å². The van der Waals surface area contributed by atoms with Gasteiger partial charge in [0.05, 0.1) is 17.9 Å². The maximum atomic E-state index is 12.1. The van der Waals surface area contributed by atoms with Crippen LogP contribution in [0.5, 0.6) is 6.01 Å². The molecule has 0 atom stereocenters. The summed E-state index contributed by atoms with van der Waals surface area (Å²) in [5.74, 6) is -0.429. The molecule has 0 spiro atoms. The molecule has 0 fully saturated rings. The van der Waals surface area contributed by atoms with Crippen molar-refractivity contribution in [2.24, 2.45) is 0 Å². The van der Waals surface area contributed by atoms with Crippen molar-refractivity contribution in [3.63, 3.8) is 0 Å². The first kappa shape index (κ1) is 15.9. The van der Waals surface area contributed by atoms with E-state index in [1.165, 1.54) is 6.20 Å². The number of ether oxygens (including phenoxy) is 2. The van der Waals surface area contributed by atoms with Crippen molar-refractivity contribution in [1.29, 1.82) is 0 Å². The Morgan fingerprint density at radius 1 is 1.23 bits per heavy atom. The normalized spacial score (nSPS) is 10.3. The van der Waals surface area contributed by atoms with E-state index in [9.17, 15) is 4.79 Å². The minimum atomic E-state index is -0.429. The smallest absolute Gasteiger partial charge is 0.341 e. The first-order chi connectivity index (χ1) is 10.7. The quantitative estimate of drug-likeness (QED) is 0.580. The van der Waals surface area contributed by atoms with Crippen LogP contribution >= 0.6 is 0 Å². The predicted molar refractivity (Wildman–Crippen MR) is 82.7 cm³/mol. The number of aromatic nitrogens is 2. The van der Waals surface area contributed by atoms with E-state index in [1.807, 2.05) is 30.3 Å². The number of carbonyl (C=O) groups excluding carboxylic acids is 1. The number of hydrogen-bond acceptors (Lipinski definition) is 5. The van der Waals surface area contributed by atoms with E-state index in [4.69, 9.17) is 9.47 Å². The lowest BCUT2D eigenvalue weighted by Gasteiger charge is -2.08. The van der Waals surface area contributed by atoms with Crippen LogP contribution in [0.25, 0.3) is 0 Å². The summed E-state index contributed by atoms with van der Waals surface area (Å²) in [6.07, 6.45) is 3.45. The molecule has 5 nitrogen and oxygen atoms in total. The molecule has 22 heavy (non-hydrogen) atoms. The molecule has 0 bridgehead atoms. The van der Waals surface area contributed by atoms with Crippen molar-refractivity contribution >= 4 is 5.97 Å². The monoisotopic (exact) mass is 300 g/mol. The molecule has 116 valence electrons. The standard InChI is InChI=1S/C17H20N2O3/c1-3-4-10-21-17-18-11-15(13(2)19-17)16(20)22-12-14-8-6-5-7-9-14/h5-9,11H,3-4,10,12H2,1-2H3. The molecule has 0 aliphatic rings. The molecule has 5 heteroatoms. The number of aryl methyl sites for hydroxylation is 1. The van der Waals surface area contributed by atoms with Crippen molar-refractivity contribution in [2.45, 2.75) is 33.3 Å². The van der Waals surface area contributed by atoms with Gasteiger partial charge in [-0.2, -0.15) is 4.98 Å². The lowest BCUT2D eigenvalue weighted by molar-refractivity contribution is 0.0470. The minimum absolute atomic E-state index is 0.230. The topological polar surface area (TPSA) is 61.3 Å². The van der Waals surface area contributed by atoms with Crippen LogP contribution in [0.3, 0.4) is 0 Å². The van der Waals surface area contributed by atoms with Crippen LogP contribution in [0.1, 0.15) is 41.4 Å². The van der Waals surface area contributed by atoms with Gasteiger partial charge in [0.2, 0.25) is 0 Å². The van der Waals surface area contributed by atoms with Gasteiger partial charge in [0.15, 0.2) is 0 Å². The third-order valence-electron chi connectivity index (χ3n) is 3.12. The fourth-order valence-electron chi connectivity index (χ4n) is 1.82. The highest BCUT2D eigenvalue weighted by molar-refractivity contribution is 5.90. The van der Waals surface area contributed by atoms with Gasteiger partial charge in [0.1, 0.15) is 6.61 Å². The van der Waals surface area contributed by atoms with E-state index in [1.54, 1.807) is 6.92 Å². The third-order valence-corrected chi connectivity index (χ3v) is 3.12. The van der Waals surface area contributed by atoms with E-state index in [-0.39, 0.29) is 6.61 Å². The molecule has 0 unspecified atom stereocenters. The average molecular weight is 300 g/mol. The van der Waals surface area contributed by atoms with Crippen LogP contribution < -0.4 is 4.74 Å². The summed E-state index contributed by atoms with van der Waals surface area (Å²) in [7, 11) is 0. The Bertz CT molecular complexity index is 615. The number of esters is 1. The summed E-state index contributed by atoms with van der Waals surface area (Å²) < 4.78 is 10.7. The molecule has 0 aliphatic carbocycles. The first-order valence-electron chi connectivity index (χ1n) is 7.38. The zero-order valence-electron chi connectivity index (χ0n) is 12.9. The predicted octanol–water partition coefficient (Wildman–Crippen LogP) is 3.32. The second-order valence-corrected chi connectivity index (χ2v) is 4.92. The molecule has 1 aromatic carbocycles. The van der Waals surface area contributed by atoms with E-state index < -0.39 is 5.97 Å². The highest BCUT2D eigenvalue weighted by atomic mass is 16.5. The van der Waals surface area contributed by atoms with Gasteiger partial charge >= 0.3 is 12.0 Å². The van der Waals surface area contributed by atoms with Gasteiger partial charge in [0.25, 0.3) is 0 Å². The van der Waals surface area contributed by atoms with Crippen molar-refractivity contribution in [3.8, 4) is 6.01 Å². The fraction of sp³-hybridized carbons (Fsp3) is 0.353. The van der Waals surface area contributed by atoms with Crippen LogP contribution in [0.4, 0.5) is 0 Å². The molecule has 0 aliphatic heterocycles. The molecule has 0 radical (unpaired) electrons. The summed E-state index contributed by atoms with van der Waals surface area (Å²) in [4.78, 5) is 20.3. The Morgan fingerprint density at radius 3 is 2.68 bits per heavy atom. The van der Waals surface area contributed by atoms with Gasteiger partial charge in [-0.3, -0.25) is 0 Å². The molecule has 1 heterocycles. The lowest BCUT2D eigenvalue weighted by Crippen LogP contribution is -2.10. The number of benzene rings is 1. The summed E-state index contributed by atoms with van der Waals surface area (Å²) in [5, 5.41) is 0. The maximum Gasteiger partial charge on any atom is 0.341 e. The van der Waals surface area contributed by atoms with Gasteiger partial charge in [-0.15, -0.1) is 0 Å². The molecule has 0 saturated carbocycles. The summed E-state index contributed by atoms with van der Waals surface area (Å²) in [6, 6.07) is 9.83. The zero-order valence-corrected chi connectivity index (χ0v) is 12.9. The second-order valence-electron chi connectivity index (χ2n) is 4.92. The molecule has 1 aromatic heterocycles. The summed E-state index contributed by atoms with van der Waals surface area (Å²) in [5.41, 5.74) is 1.85. The van der Waals surface area contributed by atoms with Crippen molar-refractivity contribution < 1.29 is 14.3 Å². The number of rotatable bonds is 7.